The first kappa shape index (κ1) is 13.1. The van der Waals surface area contributed by atoms with Crippen LogP contribution in [-0.4, -0.2) is 4.98 Å². The van der Waals surface area contributed by atoms with Gasteiger partial charge in [0.1, 0.15) is 11.0 Å². The van der Waals surface area contributed by atoms with Crippen molar-refractivity contribution in [3.8, 4) is 11.3 Å². The maximum Gasteiger partial charge on any atom is 0.148 e. The third kappa shape index (κ3) is 2.58. The number of halogens is 5. The first-order valence-corrected chi connectivity index (χ1v) is 6.39. The molecule has 1 nitrogen and oxygen atoms in total. The Hall–Kier alpha value is -0.350. The van der Waals surface area contributed by atoms with Gasteiger partial charge in [-0.25, -0.2) is 9.37 Å². The molecular weight excluding hydrogens is 351 g/mol. The number of hydrogen-bond acceptors (Lipinski definition) is 1. The normalized spacial score (nSPS) is 10.6. The maximum atomic E-state index is 13.9. The van der Waals surface area contributed by atoms with Crippen molar-refractivity contribution in [2.45, 2.75) is 0 Å². The van der Waals surface area contributed by atoms with Gasteiger partial charge in [-0.1, -0.05) is 40.9 Å². The average molecular weight is 355 g/mol. The van der Waals surface area contributed by atoms with Crippen molar-refractivity contribution in [3.63, 3.8) is 0 Å². The molecule has 0 unspecified atom stereocenters. The number of hydrogen-bond donors (Lipinski definition) is 0. The Morgan fingerprint density at radius 3 is 2.53 bits per heavy atom. The lowest BCUT2D eigenvalue weighted by atomic mass is 10.1. The molecule has 17 heavy (non-hydrogen) atoms. The molecule has 0 saturated carbocycles. The summed E-state index contributed by atoms with van der Waals surface area (Å²) in [5.74, 6) is -0.444. The predicted molar refractivity (Wildman–Crippen MR) is 72.4 cm³/mol. The van der Waals surface area contributed by atoms with Crippen molar-refractivity contribution >= 4 is 50.7 Å². The van der Waals surface area contributed by atoms with Crippen LogP contribution in [0.4, 0.5) is 4.39 Å². The molecule has 2 rings (SSSR count). The second kappa shape index (κ2) is 5.11. The van der Waals surface area contributed by atoms with Crippen LogP contribution < -0.4 is 0 Å². The quantitative estimate of drug-likeness (QED) is 0.606. The lowest BCUT2D eigenvalue weighted by Crippen LogP contribution is -1.91. The van der Waals surface area contributed by atoms with Crippen molar-refractivity contribution in [1.29, 1.82) is 0 Å². The molecule has 88 valence electrons. The Morgan fingerprint density at radius 2 is 1.82 bits per heavy atom. The van der Waals surface area contributed by atoms with Gasteiger partial charge >= 0.3 is 0 Å². The number of benzene rings is 1. The summed E-state index contributed by atoms with van der Waals surface area (Å²) in [6, 6.07) is 6.28. The molecule has 0 bridgehead atoms. The molecular formula is C11H4BrCl3FN. The van der Waals surface area contributed by atoms with Crippen LogP contribution in [0.2, 0.25) is 15.2 Å². The van der Waals surface area contributed by atoms with E-state index >= 15 is 0 Å². The summed E-state index contributed by atoms with van der Waals surface area (Å²) >= 11 is 20.6. The molecule has 0 N–H and O–H groups in total. The predicted octanol–water partition coefficient (Wildman–Crippen LogP) is 5.61. The summed E-state index contributed by atoms with van der Waals surface area (Å²) in [6.45, 7) is 0. The highest BCUT2D eigenvalue weighted by atomic mass is 79.9. The van der Waals surface area contributed by atoms with Crippen LogP contribution in [-0.2, 0) is 0 Å². The molecule has 0 spiro atoms. The second-order valence-electron chi connectivity index (χ2n) is 3.19. The highest BCUT2D eigenvalue weighted by Gasteiger charge is 2.15. The highest BCUT2D eigenvalue weighted by Crippen LogP contribution is 2.34. The van der Waals surface area contributed by atoms with E-state index in [2.05, 4.69) is 20.9 Å². The van der Waals surface area contributed by atoms with Crippen LogP contribution in [0.15, 0.2) is 28.7 Å². The third-order valence-electron chi connectivity index (χ3n) is 2.09. The fourth-order valence-electron chi connectivity index (χ4n) is 1.32. The van der Waals surface area contributed by atoms with Gasteiger partial charge in [-0.15, -0.1) is 0 Å². The van der Waals surface area contributed by atoms with Crippen LogP contribution in [0.1, 0.15) is 0 Å². The molecule has 0 saturated heterocycles. The Morgan fingerprint density at radius 1 is 1.12 bits per heavy atom. The topological polar surface area (TPSA) is 12.9 Å². The zero-order valence-electron chi connectivity index (χ0n) is 8.15. The third-order valence-corrected chi connectivity index (χ3v) is 3.67. The van der Waals surface area contributed by atoms with Gasteiger partial charge in [0.15, 0.2) is 0 Å². The van der Waals surface area contributed by atoms with Crippen molar-refractivity contribution in [1.82, 2.24) is 4.98 Å². The molecule has 2 aromatic rings. The van der Waals surface area contributed by atoms with Gasteiger partial charge in [0.2, 0.25) is 0 Å². The summed E-state index contributed by atoms with van der Waals surface area (Å²) in [5, 5.41) is 0.567. The smallest absolute Gasteiger partial charge is 0.148 e. The minimum atomic E-state index is -0.444. The maximum absolute atomic E-state index is 13.9. The van der Waals surface area contributed by atoms with Gasteiger partial charge < -0.3 is 0 Å². The Kier molecular flexibility index (Phi) is 3.93. The van der Waals surface area contributed by atoms with E-state index in [0.717, 1.165) is 0 Å². The SMILES string of the molecule is Fc1c(Br)cccc1-c1nc(Cl)c(Cl)cc1Cl. The largest absolute Gasteiger partial charge is 0.233 e. The van der Waals surface area contributed by atoms with Gasteiger partial charge in [0.25, 0.3) is 0 Å². The molecule has 1 aromatic heterocycles. The van der Waals surface area contributed by atoms with E-state index in [9.17, 15) is 4.39 Å². The summed E-state index contributed by atoms with van der Waals surface area (Å²) < 4.78 is 14.2. The first-order chi connectivity index (χ1) is 8.00. The zero-order chi connectivity index (χ0) is 12.6. The number of aromatic nitrogens is 1. The van der Waals surface area contributed by atoms with E-state index in [1.54, 1.807) is 18.2 Å². The summed E-state index contributed by atoms with van der Waals surface area (Å²) in [4.78, 5) is 3.99. The molecule has 0 aliphatic heterocycles. The lowest BCUT2D eigenvalue weighted by molar-refractivity contribution is 0.624. The molecule has 0 atom stereocenters. The lowest BCUT2D eigenvalue weighted by Gasteiger charge is -2.07. The van der Waals surface area contributed by atoms with Crippen molar-refractivity contribution in [2.24, 2.45) is 0 Å². The fraction of sp³-hybridized carbons (Fsp3) is 0. The van der Waals surface area contributed by atoms with E-state index in [4.69, 9.17) is 34.8 Å². The van der Waals surface area contributed by atoms with E-state index in [0.29, 0.717) is 4.47 Å². The van der Waals surface area contributed by atoms with Gasteiger partial charge in [-0.05, 0) is 34.1 Å². The first-order valence-electron chi connectivity index (χ1n) is 4.46. The summed E-state index contributed by atoms with van der Waals surface area (Å²) in [7, 11) is 0. The van der Waals surface area contributed by atoms with E-state index in [-0.39, 0.29) is 26.5 Å². The van der Waals surface area contributed by atoms with Gasteiger partial charge in [0.05, 0.1) is 20.2 Å². The van der Waals surface area contributed by atoms with Gasteiger partial charge in [0, 0.05) is 5.56 Å². The zero-order valence-corrected chi connectivity index (χ0v) is 12.0. The Bertz CT molecular complexity index is 589. The molecule has 1 heterocycles. The number of pyridine rings is 1. The molecule has 1 aromatic carbocycles. The van der Waals surface area contributed by atoms with E-state index in [1.807, 2.05) is 0 Å². The number of nitrogens with zero attached hydrogens (tertiary/aromatic N) is 1. The minimum Gasteiger partial charge on any atom is -0.233 e. The van der Waals surface area contributed by atoms with Crippen LogP contribution in [0, 0.1) is 5.82 Å². The molecule has 6 heteroatoms. The van der Waals surface area contributed by atoms with Crippen LogP contribution in [0.3, 0.4) is 0 Å². The van der Waals surface area contributed by atoms with E-state index in [1.165, 1.54) is 6.07 Å². The van der Waals surface area contributed by atoms with E-state index < -0.39 is 5.82 Å². The van der Waals surface area contributed by atoms with Crippen molar-refractivity contribution in [3.05, 3.63) is 49.8 Å². The van der Waals surface area contributed by atoms with Crippen molar-refractivity contribution < 1.29 is 4.39 Å². The summed E-state index contributed by atoms with van der Waals surface area (Å²) in [6.07, 6.45) is 0. The highest BCUT2D eigenvalue weighted by molar-refractivity contribution is 9.10. The van der Waals surface area contributed by atoms with Crippen molar-refractivity contribution in [2.75, 3.05) is 0 Å². The van der Waals surface area contributed by atoms with Crippen LogP contribution in [0.25, 0.3) is 11.3 Å². The van der Waals surface area contributed by atoms with Gasteiger partial charge in [-0.3, -0.25) is 0 Å². The molecule has 0 amide bonds. The second-order valence-corrected chi connectivity index (χ2v) is 5.22. The number of rotatable bonds is 1. The molecule has 0 fully saturated rings. The standard InChI is InChI=1S/C11H4BrCl3FN/c12-6-3-1-2-5(9(6)16)10-7(13)4-8(14)11(15)17-10/h1-4H. The molecule has 0 aliphatic rings. The molecule has 0 aliphatic carbocycles. The molecule has 0 radical (unpaired) electrons. The Labute approximate surface area is 121 Å². The average Bonchev–Trinajstić information content (AvgIpc) is 2.28. The summed E-state index contributed by atoms with van der Waals surface area (Å²) in [5.41, 5.74) is 0.530. The van der Waals surface area contributed by atoms with Crippen LogP contribution >= 0.6 is 50.7 Å². The van der Waals surface area contributed by atoms with Gasteiger partial charge in [-0.2, -0.15) is 0 Å². The Balaban J connectivity index is 2.69. The minimum absolute atomic E-state index is 0.0884. The van der Waals surface area contributed by atoms with Crippen LogP contribution in [0.5, 0.6) is 0 Å². The fourth-order valence-corrected chi connectivity index (χ4v) is 2.29. The monoisotopic (exact) mass is 353 g/mol.